The van der Waals surface area contributed by atoms with Crippen molar-refractivity contribution in [2.45, 2.75) is 19.3 Å². The van der Waals surface area contributed by atoms with Gasteiger partial charge in [-0.1, -0.05) is 11.2 Å². The number of thiophene rings is 1. The number of likely N-dealkylation sites (tertiary alicyclic amines) is 1. The Hall–Kier alpha value is -3.13. The van der Waals surface area contributed by atoms with Gasteiger partial charge in [0.15, 0.2) is 11.5 Å². The van der Waals surface area contributed by atoms with E-state index in [0.717, 1.165) is 36.3 Å². The molecule has 1 aromatic carbocycles. The van der Waals surface area contributed by atoms with Gasteiger partial charge in [0.05, 0.1) is 0 Å². The Morgan fingerprint density at radius 2 is 2.20 bits per heavy atom. The molecule has 1 saturated heterocycles. The second-order valence-electron chi connectivity index (χ2n) is 7.47. The minimum atomic E-state index is 0.0156. The summed E-state index contributed by atoms with van der Waals surface area (Å²) in [5.41, 5.74) is 1.89. The van der Waals surface area contributed by atoms with E-state index >= 15 is 0 Å². The molecule has 154 valence electrons. The highest BCUT2D eigenvalue weighted by atomic mass is 32.1. The maximum absolute atomic E-state index is 12.7. The Labute approximate surface area is 177 Å². The van der Waals surface area contributed by atoms with Crippen LogP contribution in [0.15, 0.2) is 45.6 Å². The zero-order valence-electron chi connectivity index (χ0n) is 16.3. The van der Waals surface area contributed by atoms with Crippen molar-refractivity contribution in [2.24, 2.45) is 5.92 Å². The van der Waals surface area contributed by atoms with Gasteiger partial charge in [0, 0.05) is 36.5 Å². The number of amides is 1. The van der Waals surface area contributed by atoms with Crippen LogP contribution in [0.3, 0.4) is 0 Å². The molecule has 1 fully saturated rings. The third kappa shape index (κ3) is 4.09. The molecule has 1 unspecified atom stereocenters. The molecular weight excluding hydrogens is 402 g/mol. The number of benzene rings is 1. The van der Waals surface area contributed by atoms with E-state index < -0.39 is 0 Å². The second kappa shape index (κ2) is 8.31. The number of fused-ring (bicyclic) bond motifs is 1. The van der Waals surface area contributed by atoms with Crippen LogP contribution in [-0.2, 0) is 11.2 Å². The van der Waals surface area contributed by atoms with Gasteiger partial charge >= 0.3 is 0 Å². The third-order valence-electron chi connectivity index (χ3n) is 5.36. The van der Waals surface area contributed by atoms with Gasteiger partial charge in [0.25, 0.3) is 0 Å². The van der Waals surface area contributed by atoms with Crippen molar-refractivity contribution in [1.82, 2.24) is 15.0 Å². The highest BCUT2D eigenvalue weighted by molar-refractivity contribution is 7.08. The molecule has 1 amide bonds. The lowest BCUT2D eigenvalue weighted by molar-refractivity contribution is -0.127. The van der Waals surface area contributed by atoms with E-state index in [4.69, 9.17) is 14.0 Å². The molecule has 8 heteroatoms. The number of hydrogen-bond donors (Lipinski definition) is 0. The van der Waals surface area contributed by atoms with Crippen LogP contribution in [0.1, 0.15) is 24.3 Å². The van der Waals surface area contributed by atoms with Crippen molar-refractivity contribution in [2.75, 3.05) is 19.9 Å². The average molecular weight is 423 g/mol. The summed E-state index contributed by atoms with van der Waals surface area (Å²) < 4.78 is 16.1. The Morgan fingerprint density at radius 1 is 1.27 bits per heavy atom. The van der Waals surface area contributed by atoms with Crippen LogP contribution in [0.4, 0.5) is 0 Å². The Morgan fingerprint density at radius 3 is 3.10 bits per heavy atom. The van der Waals surface area contributed by atoms with Crippen LogP contribution in [0, 0.1) is 5.92 Å². The predicted octanol–water partition coefficient (Wildman–Crippen LogP) is 4.02. The van der Waals surface area contributed by atoms with Crippen LogP contribution in [-0.4, -0.2) is 40.8 Å². The first kappa shape index (κ1) is 18.9. The lowest BCUT2D eigenvalue weighted by Gasteiger charge is -2.31. The number of nitrogens with zero attached hydrogens (tertiary/aromatic N) is 3. The van der Waals surface area contributed by atoms with Crippen LogP contribution < -0.4 is 9.47 Å². The van der Waals surface area contributed by atoms with E-state index in [1.807, 2.05) is 46.0 Å². The monoisotopic (exact) mass is 423 g/mol. The zero-order valence-corrected chi connectivity index (χ0v) is 17.1. The van der Waals surface area contributed by atoms with Gasteiger partial charge in [0.2, 0.25) is 24.4 Å². The van der Waals surface area contributed by atoms with Crippen molar-refractivity contribution < 1.29 is 18.8 Å². The zero-order chi connectivity index (χ0) is 20.3. The number of hydrogen-bond acceptors (Lipinski definition) is 7. The van der Waals surface area contributed by atoms with Crippen LogP contribution in [0.25, 0.3) is 17.5 Å². The highest BCUT2D eigenvalue weighted by Crippen LogP contribution is 2.33. The first-order valence-electron chi connectivity index (χ1n) is 9.96. The van der Waals surface area contributed by atoms with Gasteiger partial charge < -0.3 is 18.9 Å². The Bertz CT molecular complexity index is 1060. The minimum absolute atomic E-state index is 0.0156. The molecule has 1 atom stereocenters. The first-order valence-corrected chi connectivity index (χ1v) is 10.9. The summed E-state index contributed by atoms with van der Waals surface area (Å²) in [6, 6.07) is 7.63. The number of ether oxygens (including phenoxy) is 2. The summed E-state index contributed by atoms with van der Waals surface area (Å²) in [6.07, 6.45) is 6.15. The highest BCUT2D eigenvalue weighted by Gasteiger charge is 2.24. The van der Waals surface area contributed by atoms with Gasteiger partial charge in [-0.25, -0.2) is 0 Å². The van der Waals surface area contributed by atoms with E-state index in [-0.39, 0.29) is 12.7 Å². The van der Waals surface area contributed by atoms with Crippen LogP contribution in [0.2, 0.25) is 0 Å². The summed E-state index contributed by atoms with van der Waals surface area (Å²) in [7, 11) is 0. The molecule has 0 aliphatic carbocycles. The molecule has 2 aliphatic heterocycles. The fraction of sp³-hybridized carbons (Fsp3) is 0.318. The van der Waals surface area contributed by atoms with Crippen molar-refractivity contribution in [3.63, 3.8) is 0 Å². The number of piperidine rings is 1. The largest absolute Gasteiger partial charge is 0.454 e. The molecule has 7 nitrogen and oxygen atoms in total. The van der Waals surface area contributed by atoms with Crippen molar-refractivity contribution in [3.05, 3.63) is 52.6 Å². The molecule has 0 N–H and O–H groups in total. The normalized spacial score (nSPS) is 18.3. The van der Waals surface area contributed by atoms with E-state index in [2.05, 4.69) is 10.1 Å². The van der Waals surface area contributed by atoms with E-state index in [1.54, 1.807) is 17.4 Å². The Balaban J connectivity index is 1.19. The maximum Gasteiger partial charge on any atom is 0.246 e. The van der Waals surface area contributed by atoms with Crippen molar-refractivity contribution in [3.8, 4) is 22.9 Å². The standard InChI is InChI=1S/C22H21N3O4S/c26-21(6-4-15-3-5-18-19(10-15)28-14-27-18)25-8-1-2-16(12-25)11-20-23-22(24-29-20)17-7-9-30-13-17/h3-7,9-10,13,16H,1-2,8,11-12,14H2. The summed E-state index contributed by atoms with van der Waals surface area (Å²) in [5.74, 6) is 3.04. The molecular formula is C22H21N3O4S. The average Bonchev–Trinajstić information content (AvgIpc) is 3.53. The molecule has 0 radical (unpaired) electrons. The fourth-order valence-corrected chi connectivity index (χ4v) is 4.45. The second-order valence-corrected chi connectivity index (χ2v) is 8.25. The molecule has 4 heterocycles. The number of rotatable bonds is 5. The van der Waals surface area contributed by atoms with E-state index in [1.165, 1.54) is 0 Å². The van der Waals surface area contributed by atoms with Gasteiger partial charge in [0.1, 0.15) is 0 Å². The lowest BCUT2D eigenvalue weighted by atomic mass is 9.94. The van der Waals surface area contributed by atoms with Crippen LogP contribution in [0.5, 0.6) is 11.5 Å². The first-order chi connectivity index (χ1) is 14.7. The SMILES string of the molecule is O=C(C=Cc1ccc2c(c1)OCO2)N1CCCC(Cc2nc(-c3ccsc3)no2)C1. The summed E-state index contributed by atoms with van der Waals surface area (Å²) in [4.78, 5) is 19.1. The number of carbonyl (C=O) groups is 1. The third-order valence-corrected chi connectivity index (χ3v) is 6.04. The van der Waals surface area contributed by atoms with Crippen molar-refractivity contribution >= 4 is 23.3 Å². The molecule has 30 heavy (non-hydrogen) atoms. The summed E-state index contributed by atoms with van der Waals surface area (Å²) in [5, 5.41) is 8.07. The van der Waals surface area contributed by atoms with Gasteiger partial charge in [-0.3, -0.25) is 4.79 Å². The van der Waals surface area contributed by atoms with E-state index in [0.29, 0.717) is 36.3 Å². The molecule has 3 aromatic rings. The number of carbonyl (C=O) groups excluding carboxylic acids is 1. The molecule has 2 aliphatic rings. The fourth-order valence-electron chi connectivity index (χ4n) is 3.82. The lowest BCUT2D eigenvalue weighted by Crippen LogP contribution is -2.39. The summed E-state index contributed by atoms with van der Waals surface area (Å²) in [6.45, 7) is 1.71. The smallest absolute Gasteiger partial charge is 0.246 e. The quantitative estimate of drug-likeness (QED) is 0.577. The van der Waals surface area contributed by atoms with Crippen molar-refractivity contribution in [1.29, 1.82) is 0 Å². The molecule has 0 bridgehead atoms. The summed E-state index contributed by atoms with van der Waals surface area (Å²) >= 11 is 1.61. The number of aromatic nitrogens is 2. The maximum atomic E-state index is 12.7. The molecule has 0 spiro atoms. The topological polar surface area (TPSA) is 77.7 Å². The van der Waals surface area contributed by atoms with Crippen LogP contribution >= 0.6 is 11.3 Å². The van der Waals surface area contributed by atoms with Gasteiger partial charge in [-0.2, -0.15) is 16.3 Å². The minimum Gasteiger partial charge on any atom is -0.454 e. The molecule has 5 rings (SSSR count). The molecule has 2 aromatic heterocycles. The van der Waals surface area contributed by atoms with E-state index in [9.17, 15) is 4.79 Å². The van der Waals surface area contributed by atoms with Gasteiger partial charge in [-0.15, -0.1) is 0 Å². The Kier molecular flexibility index (Phi) is 5.23. The molecule has 0 saturated carbocycles. The predicted molar refractivity (Wildman–Crippen MR) is 112 cm³/mol. The van der Waals surface area contributed by atoms with Gasteiger partial charge in [-0.05, 0) is 54.0 Å².